The number of aliphatic hydroxyl groups excluding tert-OH is 1. The third-order valence-corrected chi connectivity index (χ3v) is 2.99. The number of hydrogen-bond acceptors (Lipinski definition) is 4. The van der Waals surface area contributed by atoms with Crippen molar-refractivity contribution >= 4 is 5.91 Å². The van der Waals surface area contributed by atoms with Crippen molar-refractivity contribution in [2.24, 2.45) is 0 Å². The Labute approximate surface area is 114 Å². The molecule has 0 bridgehead atoms. The smallest absolute Gasteiger partial charge is 0.261 e. The molecule has 1 heterocycles. The second-order valence-electron chi connectivity index (χ2n) is 5.13. The molecule has 1 atom stereocenters. The predicted octanol–water partition coefficient (Wildman–Crippen LogP) is 1.65. The van der Waals surface area contributed by atoms with Gasteiger partial charge in [-0.05, 0) is 39.3 Å². The van der Waals surface area contributed by atoms with Gasteiger partial charge in [0.05, 0.1) is 18.5 Å². The number of aliphatic hydroxyl groups is 1. The Morgan fingerprint density at radius 1 is 1.53 bits per heavy atom. The number of amides is 1. The van der Waals surface area contributed by atoms with E-state index in [9.17, 15) is 4.79 Å². The molecular formula is C14H22N2O3. The molecule has 0 aliphatic rings. The van der Waals surface area contributed by atoms with Crippen LogP contribution in [0.15, 0.2) is 18.3 Å². The summed E-state index contributed by atoms with van der Waals surface area (Å²) >= 11 is 0. The van der Waals surface area contributed by atoms with Crippen LogP contribution >= 0.6 is 0 Å². The summed E-state index contributed by atoms with van der Waals surface area (Å²) < 4.78 is 5.51. The molecule has 19 heavy (non-hydrogen) atoms. The first-order valence-corrected chi connectivity index (χ1v) is 6.42. The van der Waals surface area contributed by atoms with Crippen molar-refractivity contribution in [3.8, 4) is 5.75 Å². The molecule has 0 fully saturated rings. The van der Waals surface area contributed by atoms with Gasteiger partial charge in [-0.15, -0.1) is 0 Å². The van der Waals surface area contributed by atoms with Crippen LogP contribution in [0.25, 0.3) is 0 Å². The molecule has 1 unspecified atom stereocenters. The van der Waals surface area contributed by atoms with Crippen LogP contribution in [0.5, 0.6) is 5.75 Å². The first kappa shape index (κ1) is 15.4. The van der Waals surface area contributed by atoms with Gasteiger partial charge >= 0.3 is 0 Å². The van der Waals surface area contributed by atoms with Crippen molar-refractivity contribution in [2.75, 3.05) is 0 Å². The third kappa shape index (κ3) is 4.87. The zero-order valence-electron chi connectivity index (χ0n) is 11.9. The van der Waals surface area contributed by atoms with Crippen LogP contribution in [0, 0.1) is 0 Å². The standard InChI is InChI=1S/C14H22N2O3/c1-5-14(3,4)16-13(18)10(2)19-12-7-6-11(9-17)15-8-12/h6-8,10,17H,5,9H2,1-4H3,(H,16,18). The van der Waals surface area contributed by atoms with Crippen molar-refractivity contribution in [1.82, 2.24) is 10.3 Å². The van der Waals surface area contributed by atoms with Crippen LogP contribution in [0.1, 0.15) is 39.8 Å². The van der Waals surface area contributed by atoms with Gasteiger partial charge in [0.1, 0.15) is 5.75 Å². The number of aromatic nitrogens is 1. The van der Waals surface area contributed by atoms with Crippen LogP contribution in [0.4, 0.5) is 0 Å². The molecule has 5 nitrogen and oxygen atoms in total. The summed E-state index contributed by atoms with van der Waals surface area (Å²) in [5.41, 5.74) is 0.324. The Morgan fingerprint density at radius 2 is 2.21 bits per heavy atom. The quantitative estimate of drug-likeness (QED) is 0.821. The molecule has 5 heteroatoms. The SMILES string of the molecule is CCC(C)(C)NC(=O)C(C)Oc1ccc(CO)nc1. The van der Waals surface area contributed by atoms with E-state index in [0.717, 1.165) is 6.42 Å². The van der Waals surface area contributed by atoms with E-state index in [4.69, 9.17) is 9.84 Å². The van der Waals surface area contributed by atoms with Crippen LogP contribution in [0.3, 0.4) is 0 Å². The second-order valence-corrected chi connectivity index (χ2v) is 5.13. The number of ether oxygens (including phenoxy) is 1. The topological polar surface area (TPSA) is 71.5 Å². The Hall–Kier alpha value is -1.62. The van der Waals surface area contributed by atoms with Gasteiger partial charge < -0.3 is 15.2 Å². The second kappa shape index (κ2) is 6.52. The van der Waals surface area contributed by atoms with Crippen LogP contribution in [0.2, 0.25) is 0 Å². The normalized spacial score (nSPS) is 12.9. The maximum absolute atomic E-state index is 11.9. The van der Waals surface area contributed by atoms with Crippen LogP contribution < -0.4 is 10.1 Å². The van der Waals surface area contributed by atoms with E-state index in [-0.39, 0.29) is 18.1 Å². The van der Waals surface area contributed by atoms with Gasteiger partial charge in [-0.1, -0.05) is 6.92 Å². The lowest BCUT2D eigenvalue weighted by Crippen LogP contribution is -2.48. The van der Waals surface area contributed by atoms with Gasteiger partial charge in [0.25, 0.3) is 5.91 Å². The van der Waals surface area contributed by atoms with E-state index in [1.165, 1.54) is 6.20 Å². The van der Waals surface area contributed by atoms with Gasteiger partial charge in [-0.3, -0.25) is 9.78 Å². The summed E-state index contributed by atoms with van der Waals surface area (Å²) in [5, 5.41) is 11.8. The average molecular weight is 266 g/mol. The lowest BCUT2D eigenvalue weighted by molar-refractivity contribution is -0.128. The Morgan fingerprint density at radius 3 is 2.68 bits per heavy atom. The van der Waals surface area contributed by atoms with Crippen molar-refractivity contribution in [3.05, 3.63) is 24.0 Å². The molecule has 1 aromatic heterocycles. The van der Waals surface area contributed by atoms with Gasteiger partial charge in [-0.25, -0.2) is 0 Å². The number of nitrogens with zero attached hydrogens (tertiary/aromatic N) is 1. The Kier molecular flexibility index (Phi) is 5.30. The van der Waals surface area contributed by atoms with Crippen LogP contribution in [-0.4, -0.2) is 27.6 Å². The van der Waals surface area contributed by atoms with Gasteiger partial charge in [0, 0.05) is 5.54 Å². The molecule has 1 aromatic rings. The predicted molar refractivity (Wildman–Crippen MR) is 72.8 cm³/mol. The van der Waals surface area contributed by atoms with Crippen molar-refractivity contribution in [1.29, 1.82) is 0 Å². The van der Waals surface area contributed by atoms with Crippen molar-refractivity contribution in [3.63, 3.8) is 0 Å². The minimum atomic E-state index is -0.590. The number of hydrogen-bond donors (Lipinski definition) is 2. The first-order valence-electron chi connectivity index (χ1n) is 6.42. The summed E-state index contributed by atoms with van der Waals surface area (Å²) in [6.07, 6.45) is 1.76. The molecule has 0 spiro atoms. The van der Waals surface area contributed by atoms with Crippen LogP contribution in [-0.2, 0) is 11.4 Å². The summed E-state index contributed by atoms with van der Waals surface area (Å²) in [5.74, 6) is 0.354. The molecule has 0 aliphatic carbocycles. The monoisotopic (exact) mass is 266 g/mol. The fourth-order valence-corrected chi connectivity index (χ4v) is 1.36. The lowest BCUT2D eigenvalue weighted by Gasteiger charge is -2.26. The number of pyridine rings is 1. The number of nitrogens with one attached hydrogen (secondary N) is 1. The van der Waals surface area contributed by atoms with E-state index in [0.29, 0.717) is 11.4 Å². The largest absolute Gasteiger partial charge is 0.479 e. The molecule has 106 valence electrons. The molecule has 1 rings (SSSR count). The van der Waals surface area contributed by atoms with E-state index < -0.39 is 6.10 Å². The van der Waals surface area contributed by atoms with E-state index in [1.54, 1.807) is 19.1 Å². The van der Waals surface area contributed by atoms with Crippen molar-refractivity contribution in [2.45, 2.75) is 52.4 Å². The highest BCUT2D eigenvalue weighted by atomic mass is 16.5. The molecular weight excluding hydrogens is 244 g/mol. The highest BCUT2D eigenvalue weighted by molar-refractivity contribution is 5.81. The number of rotatable bonds is 6. The van der Waals surface area contributed by atoms with Gasteiger partial charge in [0.15, 0.2) is 6.10 Å². The van der Waals surface area contributed by atoms with E-state index in [2.05, 4.69) is 10.3 Å². The average Bonchev–Trinajstić information content (AvgIpc) is 2.39. The van der Waals surface area contributed by atoms with E-state index >= 15 is 0 Å². The molecule has 0 saturated heterocycles. The molecule has 0 aromatic carbocycles. The Bertz CT molecular complexity index is 415. The minimum absolute atomic E-state index is 0.110. The molecule has 0 aliphatic heterocycles. The Balaban J connectivity index is 2.58. The summed E-state index contributed by atoms with van der Waals surface area (Å²) in [7, 11) is 0. The zero-order chi connectivity index (χ0) is 14.5. The first-order chi connectivity index (χ1) is 8.88. The maximum Gasteiger partial charge on any atom is 0.261 e. The summed E-state index contributed by atoms with van der Waals surface area (Å²) in [6, 6.07) is 3.35. The molecule has 1 amide bonds. The highest BCUT2D eigenvalue weighted by Gasteiger charge is 2.22. The molecule has 2 N–H and O–H groups in total. The maximum atomic E-state index is 11.9. The third-order valence-electron chi connectivity index (χ3n) is 2.99. The van der Waals surface area contributed by atoms with Gasteiger partial charge in [-0.2, -0.15) is 0 Å². The van der Waals surface area contributed by atoms with E-state index in [1.807, 2.05) is 20.8 Å². The molecule has 0 saturated carbocycles. The zero-order valence-corrected chi connectivity index (χ0v) is 11.9. The highest BCUT2D eigenvalue weighted by Crippen LogP contribution is 2.13. The summed E-state index contributed by atoms with van der Waals surface area (Å²) in [6.45, 7) is 7.54. The summed E-state index contributed by atoms with van der Waals surface area (Å²) in [4.78, 5) is 15.9. The number of carbonyl (C=O) groups excluding carboxylic acids is 1. The molecule has 0 radical (unpaired) electrons. The van der Waals surface area contributed by atoms with Crippen molar-refractivity contribution < 1.29 is 14.6 Å². The van der Waals surface area contributed by atoms with Gasteiger partial charge in [0.2, 0.25) is 0 Å². The lowest BCUT2D eigenvalue weighted by atomic mass is 10.0. The minimum Gasteiger partial charge on any atom is -0.479 e. The number of carbonyl (C=O) groups is 1. The fraction of sp³-hybridized carbons (Fsp3) is 0.571. The fourth-order valence-electron chi connectivity index (χ4n) is 1.36.